The van der Waals surface area contributed by atoms with Crippen LogP contribution in [0.2, 0.25) is 0 Å². The van der Waals surface area contributed by atoms with Crippen molar-refractivity contribution in [2.75, 3.05) is 40.5 Å². The fraction of sp³-hybridized carbons (Fsp3) is 0.714. The number of rotatable bonds is 6. The molecule has 28 heavy (non-hydrogen) atoms. The molecule has 0 spiro atoms. The van der Waals surface area contributed by atoms with Crippen LogP contribution in [-0.2, 0) is 15.9 Å². The van der Waals surface area contributed by atoms with E-state index in [-0.39, 0.29) is 17.7 Å². The molecule has 2 heterocycles. The quantitative estimate of drug-likeness (QED) is 0.661. The largest absolute Gasteiger partial charge is 0.493 e. The number of aliphatic hydroxyl groups excluding tert-OH is 1. The van der Waals surface area contributed by atoms with Gasteiger partial charge in [0, 0.05) is 26.2 Å². The number of hydrogen-bond donors (Lipinski definition) is 1. The van der Waals surface area contributed by atoms with Gasteiger partial charge in [-0.3, -0.25) is 4.90 Å². The van der Waals surface area contributed by atoms with Crippen LogP contribution in [0.1, 0.15) is 44.4 Å². The number of methoxy groups -OCH3 is 2. The molecule has 0 radical (unpaired) electrons. The minimum absolute atomic E-state index is 0.150. The van der Waals surface area contributed by atoms with E-state index in [0.29, 0.717) is 25.4 Å². The molecule has 0 aromatic heterocycles. The summed E-state index contributed by atoms with van der Waals surface area (Å²) >= 11 is 3.74. The molecule has 0 bridgehead atoms. The van der Waals surface area contributed by atoms with Crippen LogP contribution in [-0.4, -0.2) is 68.3 Å². The van der Waals surface area contributed by atoms with Gasteiger partial charge in [0.1, 0.15) is 6.61 Å². The number of nitrogens with zero attached hydrogens (tertiary/aromatic N) is 1. The number of ether oxygens (including phenoxy) is 4. The van der Waals surface area contributed by atoms with Crippen molar-refractivity contribution in [2.24, 2.45) is 0 Å². The van der Waals surface area contributed by atoms with Gasteiger partial charge in [0.05, 0.1) is 36.0 Å². The van der Waals surface area contributed by atoms with Gasteiger partial charge in [-0.25, -0.2) is 0 Å². The molecule has 2 aliphatic heterocycles. The fourth-order valence-electron chi connectivity index (χ4n) is 4.14. The molecular weight excluding hydrogens is 426 g/mol. The lowest BCUT2D eigenvalue weighted by Gasteiger charge is -2.47. The van der Waals surface area contributed by atoms with Gasteiger partial charge in [0.15, 0.2) is 11.5 Å². The highest BCUT2D eigenvalue weighted by molar-refractivity contribution is 9.10. The maximum absolute atomic E-state index is 10.8. The van der Waals surface area contributed by atoms with Gasteiger partial charge in [-0.1, -0.05) is 0 Å². The average Bonchev–Trinajstić information content (AvgIpc) is 2.63. The van der Waals surface area contributed by atoms with E-state index >= 15 is 0 Å². The molecule has 0 unspecified atom stereocenters. The first-order valence-corrected chi connectivity index (χ1v) is 10.7. The molecule has 1 aromatic rings. The average molecular weight is 458 g/mol. The summed E-state index contributed by atoms with van der Waals surface area (Å²) in [5, 5.41) is 10.8. The van der Waals surface area contributed by atoms with Crippen molar-refractivity contribution in [3.05, 3.63) is 21.7 Å². The van der Waals surface area contributed by atoms with Crippen molar-refractivity contribution in [3.63, 3.8) is 0 Å². The van der Waals surface area contributed by atoms with Crippen molar-refractivity contribution < 1.29 is 24.1 Å². The van der Waals surface area contributed by atoms with E-state index in [1.165, 1.54) is 11.1 Å². The highest BCUT2D eigenvalue weighted by Crippen LogP contribution is 2.47. The summed E-state index contributed by atoms with van der Waals surface area (Å²) in [6, 6.07) is 2.22. The first-order chi connectivity index (χ1) is 13.2. The summed E-state index contributed by atoms with van der Waals surface area (Å²) in [6.07, 6.45) is 0.899. The Morgan fingerprint density at radius 3 is 2.64 bits per heavy atom. The number of piperidine rings is 1. The second kappa shape index (κ2) is 8.88. The van der Waals surface area contributed by atoms with Crippen LogP contribution < -0.4 is 9.47 Å². The molecule has 1 fully saturated rings. The molecule has 0 aliphatic carbocycles. The Bertz CT molecular complexity index is 690. The Morgan fingerprint density at radius 2 is 2.00 bits per heavy atom. The summed E-state index contributed by atoms with van der Waals surface area (Å²) in [5.74, 6) is 1.42. The lowest BCUT2D eigenvalue weighted by molar-refractivity contribution is -0.149. The molecule has 0 saturated carbocycles. The maximum Gasteiger partial charge on any atom is 0.175 e. The second-order valence-corrected chi connectivity index (χ2v) is 9.26. The first-order valence-electron chi connectivity index (χ1n) is 9.86. The maximum atomic E-state index is 10.8. The zero-order valence-corrected chi connectivity index (χ0v) is 19.0. The number of halogens is 1. The van der Waals surface area contributed by atoms with Gasteiger partial charge in [-0.15, -0.1) is 0 Å². The van der Waals surface area contributed by atoms with Crippen molar-refractivity contribution in [2.45, 2.75) is 57.5 Å². The SMILES string of the molecule is COCCOc1c(OC)cc2c(c1Br)CCN1C[C@@H](OC(C)(C)C)[C@H](O)C[C@H]21. The number of benzene rings is 1. The molecule has 1 N–H and O–H groups in total. The first kappa shape index (κ1) is 21.8. The molecule has 1 saturated heterocycles. The van der Waals surface area contributed by atoms with Crippen LogP contribution >= 0.6 is 15.9 Å². The van der Waals surface area contributed by atoms with E-state index in [2.05, 4.69) is 26.9 Å². The van der Waals surface area contributed by atoms with E-state index in [1.54, 1.807) is 14.2 Å². The molecule has 3 rings (SSSR count). The summed E-state index contributed by atoms with van der Waals surface area (Å²) in [5.41, 5.74) is 2.16. The van der Waals surface area contributed by atoms with Gasteiger partial charge in [0.25, 0.3) is 0 Å². The number of hydrogen-bond acceptors (Lipinski definition) is 6. The van der Waals surface area contributed by atoms with E-state index in [0.717, 1.165) is 29.7 Å². The Balaban J connectivity index is 1.86. The normalized spacial score (nSPS) is 25.2. The molecule has 6 nitrogen and oxygen atoms in total. The Hall–Kier alpha value is -0.860. The summed E-state index contributed by atoms with van der Waals surface area (Å²) in [6.45, 7) is 8.74. The van der Waals surface area contributed by atoms with Gasteiger partial charge in [-0.05, 0) is 66.7 Å². The van der Waals surface area contributed by atoms with Crippen LogP contribution in [0, 0.1) is 0 Å². The topological polar surface area (TPSA) is 60.4 Å². The minimum Gasteiger partial charge on any atom is -0.493 e. The van der Waals surface area contributed by atoms with Crippen LogP contribution in [0.3, 0.4) is 0 Å². The standard InChI is InChI=1S/C21H32BrNO5/c1-21(2,3)28-18-12-23-7-6-13-14(15(23)11-16(18)24)10-17(26-5)20(19(13)22)27-9-8-25-4/h10,15-16,18,24H,6-9,11-12H2,1-5H3/t15-,16-,18-/m1/s1. The number of aliphatic hydroxyl groups is 1. The molecule has 158 valence electrons. The van der Waals surface area contributed by atoms with Gasteiger partial charge < -0.3 is 24.1 Å². The molecular formula is C21H32BrNO5. The van der Waals surface area contributed by atoms with E-state index < -0.39 is 6.10 Å². The van der Waals surface area contributed by atoms with Crippen LogP contribution in [0.5, 0.6) is 11.5 Å². The Morgan fingerprint density at radius 1 is 1.25 bits per heavy atom. The summed E-state index contributed by atoms with van der Waals surface area (Å²) < 4.78 is 23.7. The molecule has 0 amide bonds. The third-order valence-electron chi connectivity index (χ3n) is 5.34. The fourth-order valence-corrected chi connectivity index (χ4v) is 4.87. The minimum atomic E-state index is -0.492. The number of fused-ring (bicyclic) bond motifs is 3. The van der Waals surface area contributed by atoms with Gasteiger partial charge in [0.2, 0.25) is 0 Å². The van der Waals surface area contributed by atoms with Crippen molar-refractivity contribution in [1.82, 2.24) is 4.90 Å². The third kappa shape index (κ3) is 4.65. The van der Waals surface area contributed by atoms with E-state index in [4.69, 9.17) is 18.9 Å². The summed E-state index contributed by atoms with van der Waals surface area (Å²) in [7, 11) is 3.31. The predicted octanol–water partition coefficient (Wildman–Crippen LogP) is 3.33. The summed E-state index contributed by atoms with van der Waals surface area (Å²) in [4.78, 5) is 2.42. The molecule has 3 atom stereocenters. The van der Waals surface area contributed by atoms with Crippen LogP contribution in [0.15, 0.2) is 10.5 Å². The van der Waals surface area contributed by atoms with Crippen LogP contribution in [0.4, 0.5) is 0 Å². The Labute approximate surface area is 176 Å². The third-order valence-corrected chi connectivity index (χ3v) is 6.18. The van der Waals surface area contributed by atoms with Gasteiger partial charge >= 0.3 is 0 Å². The van der Waals surface area contributed by atoms with E-state index in [1.807, 2.05) is 20.8 Å². The lowest BCUT2D eigenvalue weighted by Crippen LogP contribution is -2.53. The Kier molecular flexibility index (Phi) is 6.92. The monoisotopic (exact) mass is 457 g/mol. The van der Waals surface area contributed by atoms with Crippen molar-refractivity contribution in [3.8, 4) is 11.5 Å². The van der Waals surface area contributed by atoms with Crippen molar-refractivity contribution in [1.29, 1.82) is 0 Å². The highest BCUT2D eigenvalue weighted by Gasteiger charge is 2.41. The van der Waals surface area contributed by atoms with Gasteiger partial charge in [-0.2, -0.15) is 0 Å². The highest BCUT2D eigenvalue weighted by atomic mass is 79.9. The molecule has 1 aromatic carbocycles. The van der Waals surface area contributed by atoms with Crippen LogP contribution in [0.25, 0.3) is 0 Å². The van der Waals surface area contributed by atoms with Crippen molar-refractivity contribution >= 4 is 15.9 Å². The zero-order chi connectivity index (χ0) is 20.5. The lowest BCUT2D eigenvalue weighted by atomic mass is 9.84. The zero-order valence-electron chi connectivity index (χ0n) is 17.5. The molecule has 7 heteroatoms. The predicted molar refractivity (Wildman–Crippen MR) is 111 cm³/mol. The molecule has 2 aliphatic rings. The second-order valence-electron chi connectivity index (χ2n) is 8.46. The smallest absolute Gasteiger partial charge is 0.175 e. The van der Waals surface area contributed by atoms with E-state index in [9.17, 15) is 5.11 Å².